The lowest BCUT2D eigenvalue weighted by Gasteiger charge is -2.29. The van der Waals surface area contributed by atoms with E-state index in [0.29, 0.717) is 6.04 Å². The zero-order chi connectivity index (χ0) is 11.2. The van der Waals surface area contributed by atoms with Gasteiger partial charge in [-0.3, -0.25) is 4.90 Å². The molecule has 0 bridgehead atoms. The van der Waals surface area contributed by atoms with Gasteiger partial charge in [0.15, 0.2) is 0 Å². The highest BCUT2D eigenvalue weighted by Crippen LogP contribution is 2.04. The van der Waals surface area contributed by atoms with Crippen LogP contribution in [0.3, 0.4) is 0 Å². The lowest BCUT2D eigenvalue weighted by molar-refractivity contribution is 0.0368. The van der Waals surface area contributed by atoms with Crippen LogP contribution in [0.2, 0.25) is 0 Å². The average Bonchev–Trinajstić information content (AvgIpc) is 2.31. The van der Waals surface area contributed by atoms with E-state index in [1.54, 1.807) is 12.5 Å². The molecule has 1 aliphatic heterocycles. The van der Waals surface area contributed by atoms with E-state index in [1.807, 2.05) is 6.07 Å². The molecule has 1 aromatic rings. The van der Waals surface area contributed by atoms with Crippen molar-refractivity contribution >= 4 is 5.82 Å². The summed E-state index contributed by atoms with van der Waals surface area (Å²) in [5.41, 5.74) is 0. The fourth-order valence-corrected chi connectivity index (χ4v) is 1.85. The molecule has 0 saturated carbocycles. The van der Waals surface area contributed by atoms with E-state index in [1.165, 1.54) is 0 Å². The Bertz CT molecular complexity index is 300. The molecule has 1 saturated heterocycles. The van der Waals surface area contributed by atoms with Crippen LogP contribution in [0.25, 0.3) is 0 Å². The van der Waals surface area contributed by atoms with E-state index in [-0.39, 0.29) is 0 Å². The molecule has 5 heteroatoms. The first kappa shape index (κ1) is 11.3. The minimum atomic E-state index is 0.382. The van der Waals surface area contributed by atoms with Gasteiger partial charge in [0.05, 0.1) is 13.2 Å². The average molecular weight is 222 g/mol. The molecule has 1 atom stereocenters. The lowest BCUT2D eigenvalue weighted by Crippen LogP contribution is -2.42. The molecule has 0 amide bonds. The van der Waals surface area contributed by atoms with Crippen molar-refractivity contribution in [2.45, 2.75) is 13.0 Å². The summed E-state index contributed by atoms with van der Waals surface area (Å²) in [7, 11) is 0. The summed E-state index contributed by atoms with van der Waals surface area (Å²) in [5.74, 6) is 0.885. The maximum absolute atomic E-state index is 5.32. The van der Waals surface area contributed by atoms with Crippen LogP contribution in [0.15, 0.2) is 18.6 Å². The van der Waals surface area contributed by atoms with Crippen molar-refractivity contribution in [1.82, 2.24) is 14.9 Å². The molecule has 5 nitrogen and oxygen atoms in total. The summed E-state index contributed by atoms with van der Waals surface area (Å²) in [6.07, 6.45) is 3.31. The molecule has 1 unspecified atom stereocenters. The summed E-state index contributed by atoms with van der Waals surface area (Å²) in [4.78, 5) is 10.4. The number of hydrogen-bond acceptors (Lipinski definition) is 5. The van der Waals surface area contributed by atoms with Crippen molar-refractivity contribution in [3.05, 3.63) is 18.6 Å². The Hall–Kier alpha value is -1.20. The van der Waals surface area contributed by atoms with Gasteiger partial charge in [0.2, 0.25) is 0 Å². The molecule has 1 aromatic heterocycles. The summed E-state index contributed by atoms with van der Waals surface area (Å²) < 4.78 is 5.32. The molecular weight excluding hydrogens is 204 g/mol. The van der Waals surface area contributed by atoms with Crippen molar-refractivity contribution < 1.29 is 4.74 Å². The van der Waals surface area contributed by atoms with E-state index < -0.39 is 0 Å². The minimum Gasteiger partial charge on any atom is -0.379 e. The molecule has 2 rings (SSSR count). The van der Waals surface area contributed by atoms with E-state index in [0.717, 1.165) is 38.7 Å². The van der Waals surface area contributed by atoms with E-state index >= 15 is 0 Å². The summed E-state index contributed by atoms with van der Waals surface area (Å²) in [6, 6.07) is 2.27. The first-order valence-corrected chi connectivity index (χ1v) is 5.67. The van der Waals surface area contributed by atoms with Crippen molar-refractivity contribution in [1.29, 1.82) is 0 Å². The predicted octanol–water partition coefficient (Wildman–Crippen LogP) is 0.609. The highest BCUT2D eigenvalue weighted by atomic mass is 16.5. The van der Waals surface area contributed by atoms with Crippen LogP contribution in [0, 0.1) is 0 Å². The Morgan fingerprint density at radius 1 is 1.50 bits per heavy atom. The molecule has 1 aliphatic rings. The van der Waals surface area contributed by atoms with Crippen LogP contribution >= 0.6 is 0 Å². The van der Waals surface area contributed by atoms with Gasteiger partial charge < -0.3 is 10.1 Å². The Kier molecular flexibility index (Phi) is 4.07. The monoisotopic (exact) mass is 222 g/mol. The number of nitrogens with zero attached hydrogens (tertiary/aromatic N) is 3. The van der Waals surface area contributed by atoms with Gasteiger partial charge in [0, 0.05) is 31.9 Å². The fraction of sp³-hybridized carbons (Fsp3) is 0.636. The molecule has 0 spiro atoms. The smallest absolute Gasteiger partial charge is 0.129 e. The third kappa shape index (κ3) is 3.43. The molecule has 0 radical (unpaired) electrons. The van der Waals surface area contributed by atoms with Gasteiger partial charge >= 0.3 is 0 Å². The van der Waals surface area contributed by atoms with Gasteiger partial charge in [-0.2, -0.15) is 0 Å². The number of ether oxygens (including phenoxy) is 1. The standard InChI is InChI=1S/C11H18N4O/c1-10(8-15-4-6-16-7-5-15)14-11-2-3-12-9-13-11/h2-3,9-10H,4-8H2,1H3,(H,12,13,14). The molecule has 2 heterocycles. The van der Waals surface area contributed by atoms with Crippen LogP contribution in [-0.2, 0) is 4.74 Å². The van der Waals surface area contributed by atoms with Crippen molar-refractivity contribution in [3.63, 3.8) is 0 Å². The van der Waals surface area contributed by atoms with Crippen LogP contribution in [0.4, 0.5) is 5.82 Å². The van der Waals surface area contributed by atoms with Gasteiger partial charge in [-0.05, 0) is 13.0 Å². The van der Waals surface area contributed by atoms with Crippen molar-refractivity contribution in [3.8, 4) is 0 Å². The largest absolute Gasteiger partial charge is 0.379 e. The molecule has 0 aromatic carbocycles. The summed E-state index contributed by atoms with van der Waals surface area (Å²) in [6.45, 7) is 6.93. The third-order valence-corrected chi connectivity index (χ3v) is 2.61. The number of nitrogens with one attached hydrogen (secondary N) is 1. The van der Waals surface area contributed by atoms with Crippen LogP contribution in [0.5, 0.6) is 0 Å². The normalized spacial score (nSPS) is 19.3. The van der Waals surface area contributed by atoms with E-state index in [9.17, 15) is 0 Å². The van der Waals surface area contributed by atoms with E-state index in [4.69, 9.17) is 4.74 Å². The molecule has 16 heavy (non-hydrogen) atoms. The maximum Gasteiger partial charge on any atom is 0.129 e. The van der Waals surface area contributed by atoms with Gasteiger partial charge in [0.25, 0.3) is 0 Å². The first-order valence-electron chi connectivity index (χ1n) is 5.67. The Morgan fingerprint density at radius 3 is 3.00 bits per heavy atom. The predicted molar refractivity (Wildman–Crippen MR) is 62.4 cm³/mol. The van der Waals surface area contributed by atoms with Crippen LogP contribution < -0.4 is 5.32 Å². The van der Waals surface area contributed by atoms with Crippen LogP contribution in [0.1, 0.15) is 6.92 Å². The Balaban J connectivity index is 1.77. The van der Waals surface area contributed by atoms with Gasteiger partial charge in [-0.1, -0.05) is 0 Å². The second kappa shape index (κ2) is 5.77. The highest BCUT2D eigenvalue weighted by molar-refractivity contribution is 5.32. The second-order valence-corrected chi connectivity index (χ2v) is 4.05. The Morgan fingerprint density at radius 2 is 2.31 bits per heavy atom. The van der Waals surface area contributed by atoms with Gasteiger partial charge in [-0.15, -0.1) is 0 Å². The number of anilines is 1. The van der Waals surface area contributed by atoms with Gasteiger partial charge in [0.1, 0.15) is 12.1 Å². The fourth-order valence-electron chi connectivity index (χ4n) is 1.85. The topological polar surface area (TPSA) is 50.3 Å². The number of morpholine rings is 1. The minimum absolute atomic E-state index is 0.382. The molecule has 0 aliphatic carbocycles. The van der Waals surface area contributed by atoms with Crippen molar-refractivity contribution in [2.24, 2.45) is 0 Å². The van der Waals surface area contributed by atoms with Crippen LogP contribution in [-0.4, -0.2) is 53.8 Å². The van der Waals surface area contributed by atoms with E-state index in [2.05, 4.69) is 27.1 Å². The number of rotatable bonds is 4. The second-order valence-electron chi connectivity index (χ2n) is 4.05. The SMILES string of the molecule is CC(CN1CCOCC1)Nc1ccncn1. The Labute approximate surface area is 95.8 Å². The molecule has 88 valence electrons. The number of aromatic nitrogens is 2. The quantitative estimate of drug-likeness (QED) is 0.809. The van der Waals surface area contributed by atoms with Gasteiger partial charge in [-0.25, -0.2) is 9.97 Å². The highest BCUT2D eigenvalue weighted by Gasteiger charge is 2.13. The zero-order valence-electron chi connectivity index (χ0n) is 9.59. The summed E-state index contributed by atoms with van der Waals surface area (Å²) in [5, 5.41) is 3.36. The summed E-state index contributed by atoms with van der Waals surface area (Å²) >= 11 is 0. The number of hydrogen-bond donors (Lipinski definition) is 1. The maximum atomic E-state index is 5.32. The molecular formula is C11H18N4O. The third-order valence-electron chi connectivity index (χ3n) is 2.61. The zero-order valence-corrected chi connectivity index (χ0v) is 9.59. The lowest BCUT2D eigenvalue weighted by atomic mass is 10.3. The molecule has 1 N–H and O–H groups in total. The van der Waals surface area contributed by atoms with Crippen molar-refractivity contribution in [2.75, 3.05) is 38.2 Å². The molecule has 1 fully saturated rings. The first-order chi connectivity index (χ1) is 7.84.